The van der Waals surface area contributed by atoms with Crippen molar-refractivity contribution >= 4 is 5.69 Å². The highest BCUT2D eigenvalue weighted by atomic mass is 19.4. The Hall–Kier alpha value is -2.67. The molecule has 7 heteroatoms. The van der Waals surface area contributed by atoms with Gasteiger partial charge in [0.2, 0.25) is 0 Å². The van der Waals surface area contributed by atoms with Crippen LogP contribution in [-0.2, 0) is 6.18 Å². The highest BCUT2D eigenvalue weighted by Crippen LogP contribution is 2.41. The van der Waals surface area contributed by atoms with E-state index in [4.69, 9.17) is 4.74 Å². The Bertz CT molecular complexity index is 1220. The monoisotopic (exact) mass is 611 g/mol. The van der Waals surface area contributed by atoms with Crippen LogP contribution in [0.4, 0.5) is 18.9 Å². The van der Waals surface area contributed by atoms with Gasteiger partial charge in [0.05, 0.1) is 12.7 Å². The summed E-state index contributed by atoms with van der Waals surface area (Å²) < 4.78 is 45.7. The van der Waals surface area contributed by atoms with Crippen molar-refractivity contribution < 1.29 is 17.9 Å². The van der Waals surface area contributed by atoms with Crippen LogP contribution in [0.1, 0.15) is 87.3 Å². The van der Waals surface area contributed by atoms with Crippen LogP contribution in [-0.4, -0.2) is 62.2 Å². The number of alkyl halides is 3. The summed E-state index contributed by atoms with van der Waals surface area (Å²) in [5.41, 5.74) is 3.90. The summed E-state index contributed by atoms with van der Waals surface area (Å²) in [5, 5.41) is 0. The first-order chi connectivity index (χ1) is 21.1. The molecule has 0 aromatic heterocycles. The predicted molar refractivity (Wildman–Crippen MR) is 174 cm³/mol. The Kier molecular flexibility index (Phi) is 10.9. The summed E-state index contributed by atoms with van der Waals surface area (Å²) in [4.78, 5) is 7.36. The molecule has 0 spiro atoms. The van der Waals surface area contributed by atoms with Crippen molar-refractivity contribution in [2.24, 2.45) is 11.8 Å². The van der Waals surface area contributed by atoms with E-state index >= 15 is 0 Å². The molecule has 2 atom stereocenters. The molecular weight excluding hydrogens is 559 g/mol. The number of methoxy groups -OCH3 is 1. The molecule has 0 bridgehead atoms. The van der Waals surface area contributed by atoms with E-state index in [1.165, 1.54) is 68.5 Å². The third-order valence-electron chi connectivity index (χ3n) is 10.6. The van der Waals surface area contributed by atoms with Gasteiger partial charge in [0, 0.05) is 62.0 Å². The zero-order valence-electron chi connectivity index (χ0n) is 27.0. The van der Waals surface area contributed by atoms with E-state index < -0.39 is 11.7 Å². The maximum absolute atomic E-state index is 13.6. The largest absolute Gasteiger partial charge is 0.497 e. The second-order valence-electron chi connectivity index (χ2n) is 13.7. The van der Waals surface area contributed by atoms with Crippen LogP contribution < -0.4 is 9.64 Å². The Morgan fingerprint density at radius 3 is 2.20 bits per heavy atom. The zero-order valence-corrected chi connectivity index (χ0v) is 27.0. The summed E-state index contributed by atoms with van der Waals surface area (Å²) in [6, 6.07) is 13.2. The van der Waals surface area contributed by atoms with Gasteiger partial charge < -0.3 is 14.5 Å². The van der Waals surface area contributed by atoms with Gasteiger partial charge >= 0.3 is 6.18 Å². The van der Waals surface area contributed by atoms with E-state index in [-0.39, 0.29) is 5.92 Å². The SMILES string of the molecule is C=C(C1CCN(C2CCCCC2)C1)N1CCC(c2ccc(C(F)(F)F)cc2N2CCC(C)CC2)C1.COc1ccc(C)cc1. The van der Waals surface area contributed by atoms with Gasteiger partial charge in [-0.05, 0) is 87.7 Å². The second kappa shape index (κ2) is 14.6. The van der Waals surface area contributed by atoms with E-state index in [9.17, 15) is 13.2 Å². The minimum atomic E-state index is -4.31. The minimum Gasteiger partial charge on any atom is -0.497 e. The quantitative estimate of drug-likeness (QED) is 0.325. The molecule has 4 fully saturated rings. The van der Waals surface area contributed by atoms with Crippen LogP contribution in [0.2, 0.25) is 0 Å². The summed E-state index contributed by atoms with van der Waals surface area (Å²) in [7, 11) is 1.67. The van der Waals surface area contributed by atoms with E-state index in [2.05, 4.69) is 35.1 Å². The molecule has 44 heavy (non-hydrogen) atoms. The molecule has 6 rings (SSSR count). The molecule has 2 aromatic rings. The number of rotatable bonds is 6. The molecule has 3 saturated heterocycles. The average molecular weight is 612 g/mol. The number of nitrogens with zero attached hydrogens (tertiary/aromatic N) is 3. The zero-order chi connectivity index (χ0) is 31.3. The van der Waals surface area contributed by atoms with Crippen LogP contribution in [0.3, 0.4) is 0 Å². The summed E-state index contributed by atoms with van der Waals surface area (Å²) in [6.07, 6.45) is 6.77. The molecule has 2 unspecified atom stereocenters. The molecule has 242 valence electrons. The summed E-state index contributed by atoms with van der Waals surface area (Å²) in [5.74, 6) is 2.34. The molecule has 0 N–H and O–H groups in total. The number of halogens is 3. The Morgan fingerprint density at radius 2 is 1.55 bits per heavy atom. The first-order valence-corrected chi connectivity index (χ1v) is 16.9. The van der Waals surface area contributed by atoms with Crippen LogP contribution >= 0.6 is 0 Å². The lowest BCUT2D eigenvalue weighted by molar-refractivity contribution is -0.137. The molecule has 4 nitrogen and oxygen atoms in total. The molecule has 0 amide bonds. The first kappa shape index (κ1) is 32.7. The molecule has 3 aliphatic heterocycles. The lowest BCUT2D eigenvalue weighted by Gasteiger charge is -2.35. The number of benzene rings is 2. The highest BCUT2D eigenvalue weighted by molar-refractivity contribution is 5.58. The first-order valence-electron chi connectivity index (χ1n) is 16.9. The summed E-state index contributed by atoms with van der Waals surface area (Å²) >= 11 is 0. The predicted octanol–water partition coefficient (Wildman–Crippen LogP) is 8.90. The third-order valence-corrected chi connectivity index (χ3v) is 10.6. The van der Waals surface area contributed by atoms with Gasteiger partial charge in [0.1, 0.15) is 5.75 Å². The molecule has 2 aromatic carbocycles. The van der Waals surface area contributed by atoms with Crippen molar-refractivity contribution in [1.82, 2.24) is 9.80 Å². The van der Waals surface area contributed by atoms with Gasteiger partial charge in [-0.2, -0.15) is 13.2 Å². The Morgan fingerprint density at radius 1 is 0.841 bits per heavy atom. The minimum absolute atomic E-state index is 0.263. The number of hydrogen-bond acceptors (Lipinski definition) is 4. The standard InChI is InChI=1S/C29H42F3N3.C8H10O/c1-21-10-14-33(15-11-21)28-18-25(29(30,31)32)8-9-27(28)24-13-16-34(20-24)22(2)23-12-17-35(19-23)26-6-4-3-5-7-26;1-7-3-5-8(9-2)6-4-7/h8-9,18,21,23-24,26H,2-7,10-17,19-20H2,1H3;3-6H,1-2H3. The number of hydrogen-bond donors (Lipinski definition) is 0. The third kappa shape index (κ3) is 8.13. The van der Waals surface area contributed by atoms with Crippen molar-refractivity contribution in [1.29, 1.82) is 0 Å². The lowest BCUT2D eigenvalue weighted by Crippen LogP contribution is -2.35. The number of piperidine rings is 1. The van der Waals surface area contributed by atoms with Crippen molar-refractivity contribution in [3.63, 3.8) is 0 Å². The van der Waals surface area contributed by atoms with Crippen molar-refractivity contribution in [2.45, 2.75) is 89.8 Å². The molecular formula is C37H52F3N3O. The van der Waals surface area contributed by atoms with Crippen LogP contribution in [0.25, 0.3) is 0 Å². The van der Waals surface area contributed by atoms with Gasteiger partial charge in [0.15, 0.2) is 0 Å². The smallest absolute Gasteiger partial charge is 0.416 e. The van der Waals surface area contributed by atoms with Gasteiger partial charge in [-0.3, -0.25) is 4.90 Å². The average Bonchev–Trinajstić information content (AvgIpc) is 3.73. The number of anilines is 1. The molecule has 4 aliphatic rings. The fourth-order valence-electron chi connectivity index (χ4n) is 7.63. The van der Waals surface area contributed by atoms with Gasteiger partial charge in [0.25, 0.3) is 0 Å². The number of likely N-dealkylation sites (tertiary alicyclic amines) is 2. The maximum Gasteiger partial charge on any atom is 0.416 e. The van der Waals surface area contributed by atoms with Crippen molar-refractivity contribution in [2.75, 3.05) is 51.3 Å². The molecule has 1 aliphatic carbocycles. The van der Waals surface area contributed by atoms with E-state index in [0.717, 1.165) is 75.0 Å². The van der Waals surface area contributed by atoms with Crippen molar-refractivity contribution in [3.05, 3.63) is 71.4 Å². The second-order valence-corrected chi connectivity index (χ2v) is 13.7. The maximum atomic E-state index is 13.6. The van der Waals surface area contributed by atoms with Crippen LogP contribution in [0.15, 0.2) is 54.7 Å². The van der Waals surface area contributed by atoms with Gasteiger partial charge in [-0.1, -0.05) is 56.5 Å². The fourth-order valence-corrected chi connectivity index (χ4v) is 7.63. The molecule has 0 radical (unpaired) electrons. The summed E-state index contributed by atoms with van der Waals surface area (Å²) in [6.45, 7) is 14.7. The molecule has 1 saturated carbocycles. The normalized spacial score (nSPS) is 23.9. The fraction of sp³-hybridized carbons (Fsp3) is 0.622. The van der Waals surface area contributed by atoms with E-state index in [1.54, 1.807) is 13.2 Å². The van der Waals surface area contributed by atoms with Gasteiger partial charge in [-0.15, -0.1) is 0 Å². The van der Waals surface area contributed by atoms with Crippen molar-refractivity contribution in [3.8, 4) is 5.75 Å². The Balaban J connectivity index is 0.000000367. The van der Waals surface area contributed by atoms with Crippen LogP contribution in [0, 0.1) is 18.8 Å². The van der Waals surface area contributed by atoms with Gasteiger partial charge in [-0.25, -0.2) is 0 Å². The number of ether oxygens (including phenoxy) is 1. The van der Waals surface area contributed by atoms with E-state index in [0.29, 0.717) is 11.8 Å². The Labute approximate surface area is 263 Å². The topological polar surface area (TPSA) is 19.0 Å². The lowest BCUT2D eigenvalue weighted by atomic mass is 9.92. The van der Waals surface area contributed by atoms with E-state index in [1.807, 2.05) is 24.3 Å². The van der Waals surface area contributed by atoms with Crippen LogP contribution in [0.5, 0.6) is 5.75 Å². The molecule has 3 heterocycles. The number of aryl methyl sites for hydroxylation is 1. The highest BCUT2D eigenvalue weighted by Gasteiger charge is 2.37.